The molecule has 1 N–H and O–H groups in total. The molecule has 1 unspecified atom stereocenters. The molecule has 11 heteroatoms. The van der Waals surface area contributed by atoms with E-state index in [-0.39, 0.29) is 17.2 Å². The predicted octanol–water partition coefficient (Wildman–Crippen LogP) is 2.73. The summed E-state index contributed by atoms with van der Waals surface area (Å²) in [6, 6.07) is 3.20. The van der Waals surface area contributed by atoms with Crippen molar-refractivity contribution in [3.63, 3.8) is 0 Å². The van der Waals surface area contributed by atoms with E-state index in [4.69, 9.17) is 24.2 Å². The van der Waals surface area contributed by atoms with Crippen molar-refractivity contribution in [1.29, 1.82) is 0 Å². The molecule has 158 valence electrons. The molecule has 0 fully saturated rings. The highest BCUT2D eigenvalue weighted by atomic mass is 35.5. The van der Waals surface area contributed by atoms with Crippen molar-refractivity contribution in [3.8, 4) is 11.4 Å². The molecule has 3 rings (SSSR count). The first-order valence-corrected chi connectivity index (χ1v) is 9.22. The Morgan fingerprint density at radius 1 is 1.23 bits per heavy atom. The highest BCUT2D eigenvalue weighted by Gasteiger charge is 2.32. The van der Waals surface area contributed by atoms with E-state index >= 15 is 0 Å². The third-order valence-corrected chi connectivity index (χ3v) is 4.74. The summed E-state index contributed by atoms with van der Waals surface area (Å²) in [4.78, 5) is 32.1. The zero-order chi connectivity index (χ0) is 23.1. The van der Waals surface area contributed by atoms with E-state index in [1.165, 1.54) is 29.8 Å². The maximum atomic E-state index is 14.0. The smallest absolute Gasteiger partial charge is 0.277 e. The van der Waals surface area contributed by atoms with Crippen LogP contribution in [0.3, 0.4) is 0 Å². The molecule has 3 heterocycles. The zero-order valence-electron chi connectivity index (χ0n) is 16.6. The van der Waals surface area contributed by atoms with Gasteiger partial charge in [-0.1, -0.05) is 11.6 Å². The molecule has 2 radical (unpaired) electrons. The van der Waals surface area contributed by atoms with Crippen molar-refractivity contribution in [2.24, 2.45) is 0 Å². The molecular weight excluding hydrogens is 430 g/mol. The second-order valence-corrected chi connectivity index (χ2v) is 7.18. The van der Waals surface area contributed by atoms with Gasteiger partial charge in [-0.15, -0.1) is 0 Å². The Morgan fingerprint density at radius 3 is 2.52 bits per heavy atom. The van der Waals surface area contributed by atoms with Crippen LogP contribution < -0.4 is 10.3 Å². The molecule has 0 aliphatic rings. The number of hydrogen-bond donors (Lipinski definition) is 1. The van der Waals surface area contributed by atoms with Gasteiger partial charge >= 0.3 is 0 Å². The van der Waals surface area contributed by atoms with Crippen molar-refractivity contribution in [2.75, 3.05) is 0 Å². The first-order chi connectivity index (χ1) is 14.4. The summed E-state index contributed by atoms with van der Waals surface area (Å²) in [5.41, 5.74) is -2.99. The molecule has 0 saturated carbocycles. The van der Waals surface area contributed by atoms with Crippen LogP contribution in [0.5, 0.6) is 5.75 Å². The number of ketones is 1. The first-order valence-electron chi connectivity index (χ1n) is 8.84. The Labute approximate surface area is 181 Å². The van der Waals surface area contributed by atoms with E-state index in [1.54, 1.807) is 13.8 Å². The van der Waals surface area contributed by atoms with Gasteiger partial charge < -0.3 is 9.84 Å². The topological polar surface area (TPSA) is 94.3 Å². The van der Waals surface area contributed by atoms with Crippen LogP contribution in [0.2, 0.25) is 5.02 Å². The molecule has 3 aromatic heterocycles. The lowest BCUT2D eigenvalue weighted by atomic mass is 9.90. The van der Waals surface area contributed by atoms with E-state index in [0.29, 0.717) is 29.2 Å². The summed E-state index contributed by atoms with van der Waals surface area (Å²) in [6.07, 6.45) is 2.08. The summed E-state index contributed by atoms with van der Waals surface area (Å²) >= 11 is 6.15. The van der Waals surface area contributed by atoms with E-state index in [9.17, 15) is 23.5 Å². The standard InChI is InChI=1S/C20H15BClF2N3O4/c1-9-7-25-14(11(3)28)6-15(9)27-10(2)4-16(17(22)19(27)29)31-20(21,30)18-13(24)5-12(23)8-26-18/h4-8,30H,1-3H3. The zero-order valence-corrected chi connectivity index (χ0v) is 17.4. The third kappa shape index (κ3) is 4.35. The minimum atomic E-state index is -2.85. The van der Waals surface area contributed by atoms with Crippen molar-refractivity contribution in [3.05, 3.63) is 80.2 Å². The second kappa shape index (κ2) is 8.20. The summed E-state index contributed by atoms with van der Waals surface area (Å²) in [5, 5.41) is 9.89. The highest BCUT2D eigenvalue weighted by molar-refractivity contribution is 6.32. The number of aliphatic hydroxyl groups is 1. The summed E-state index contributed by atoms with van der Waals surface area (Å²) in [6.45, 7) is 4.58. The Kier molecular flexibility index (Phi) is 5.97. The molecule has 0 spiro atoms. The number of carbonyl (C=O) groups excluding carboxylic acids is 1. The van der Waals surface area contributed by atoms with Gasteiger partial charge in [-0.2, -0.15) is 0 Å². The van der Waals surface area contributed by atoms with Gasteiger partial charge in [0.25, 0.3) is 5.56 Å². The van der Waals surface area contributed by atoms with Gasteiger partial charge in [0.1, 0.15) is 28.0 Å². The second-order valence-electron chi connectivity index (χ2n) is 6.80. The number of Topliss-reactive ketones (excluding diaryl/α,β-unsaturated/α-hetero) is 1. The average Bonchev–Trinajstić information content (AvgIpc) is 2.66. The normalized spacial score (nSPS) is 13.0. The number of aryl methyl sites for hydroxylation is 2. The lowest BCUT2D eigenvalue weighted by molar-refractivity contribution is -0.0736. The van der Waals surface area contributed by atoms with Crippen LogP contribution in [0.1, 0.15) is 34.4 Å². The fourth-order valence-corrected chi connectivity index (χ4v) is 3.07. The van der Waals surface area contributed by atoms with Gasteiger partial charge in [0.2, 0.25) is 5.69 Å². The molecule has 3 aromatic rings. The number of rotatable bonds is 5. The molecular formula is C20H15BClF2N3O4. The Morgan fingerprint density at radius 2 is 1.90 bits per heavy atom. The minimum Gasteiger partial charge on any atom is -0.465 e. The Balaban J connectivity index is 2.10. The lowest BCUT2D eigenvalue weighted by Crippen LogP contribution is -2.36. The summed E-state index contributed by atoms with van der Waals surface area (Å²) < 4.78 is 33.5. The van der Waals surface area contributed by atoms with Gasteiger partial charge in [0.05, 0.1) is 11.9 Å². The number of aromatic nitrogens is 3. The van der Waals surface area contributed by atoms with Crippen molar-refractivity contribution < 1.29 is 23.4 Å². The maximum absolute atomic E-state index is 14.0. The number of halogens is 3. The van der Waals surface area contributed by atoms with E-state index < -0.39 is 33.6 Å². The molecule has 0 aromatic carbocycles. The van der Waals surface area contributed by atoms with Crippen LogP contribution in [-0.2, 0) is 5.69 Å². The number of nitrogens with zero attached hydrogens (tertiary/aromatic N) is 3. The molecule has 0 bridgehead atoms. The SMILES string of the molecule is [B]C(O)(Oc1cc(C)n(-c2cc(C(C)=O)ncc2C)c(=O)c1Cl)c1ncc(F)cc1F. The fourth-order valence-electron chi connectivity index (χ4n) is 2.90. The minimum absolute atomic E-state index is 0.151. The molecule has 0 aliphatic heterocycles. The molecule has 0 amide bonds. The van der Waals surface area contributed by atoms with Crippen LogP contribution in [0, 0.1) is 25.5 Å². The number of ether oxygens (including phenoxy) is 1. The number of carbonyl (C=O) groups is 1. The highest BCUT2D eigenvalue weighted by Crippen LogP contribution is 2.30. The number of hydrogen-bond acceptors (Lipinski definition) is 6. The number of pyridine rings is 3. The predicted molar refractivity (Wildman–Crippen MR) is 109 cm³/mol. The largest absolute Gasteiger partial charge is 0.465 e. The van der Waals surface area contributed by atoms with Gasteiger partial charge in [-0.05, 0) is 25.5 Å². The van der Waals surface area contributed by atoms with Crippen LogP contribution in [0.15, 0.2) is 35.4 Å². The van der Waals surface area contributed by atoms with Gasteiger partial charge in [0.15, 0.2) is 19.4 Å². The fraction of sp³-hybridized carbons (Fsp3) is 0.200. The lowest BCUT2D eigenvalue weighted by Gasteiger charge is -2.26. The first kappa shape index (κ1) is 22.6. The van der Waals surface area contributed by atoms with Crippen LogP contribution in [-0.4, -0.2) is 33.3 Å². The summed E-state index contributed by atoms with van der Waals surface area (Å²) in [5.74, 6) is -2.88. The van der Waals surface area contributed by atoms with Crippen molar-refractivity contribution in [2.45, 2.75) is 26.5 Å². The average molecular weight is 446 g/mol. The van der Waals surface area contributed by atoms with Gasteiger partial charge in [-0.25, -0.2) is 13.8 Å². The van der Waals surface area contributed by atoms with Crippen LogP contribution in [0.4, 0.5) is 8.78 Å². The van der Waals surface area contributed by atoms with E-state index in [0.717, 1.165) is 0 Å². The van der Waals surface area contributed by atoms with E-state index in [2.05, 4.69) is 9.97 Å². The van der Waals surface area contributed by atoms with Gasteiger partial charge in [0, 0.05) is 30.9 Å². The molecule has 0 aliphatic carbocycles. The third-order valence-electron chi connectivity index (χ3n) is 4.39. The van der Waals surface area contributed by atoms with Crippen molar-refractivity contribution in [1.82, 2.24) is 14.5 Å². The van der Waals surface area contributed by atoms with E-state index in [1.807, 2.05) is 0 Å². The molecule has 31 heavy (non-hydrogen) atoms. The maximum Gasteiger partial charge on any atom is 0.277 e. The molecule has 1 atom stereocenters. The van der Waals surface area contributed by atoms with Crippen molar-refractivity contribution >= 4 is 25.2 Å². The Hall–Kier alpha value is -3.11. The molecule has 7 nitrogen and oxygen atoms in total. The monoisotopic (exact) mass is 445 g/mol. The molecule has 0 saturated heterocycles. The van der Waals surface area contributed by atoms with Crippen LogP contribution >= 0.6 is 11.6 Å². The van der Waals surface area contributed by atoms with Gasteiger partial charge in [-0.3, -0.25) is 19.1 Å². The van der Waals surface area contributed by atoms with Crippen LogP contribution in [0.25, 0.3) is 5.69 Å². The Bertz CT molecular complexity index is 1260. The quantitative estimate of drug-likeness (QED) is 0.369. The summed E-state index contributed by atoms with van der Waals surface area (Å²) in [7, 11) is 5.61.